The molecule has 0 bridgehead atoms. The molecule has 1 aliphatic heterocycles. The maximum absolute atomic E-state index is 14.6. The molecular formula is C23H23F3N6O2. The summed E-state index contributed by atoms with van der Waals surface area (Å²) in [7, 11) is 0. The standard InChI is InChI=1S/C23H23F3N6O2/c1-22(12-23(25,26)13-22)19(33)28-15-9-27-20-30-18(11-32(20)10-15)16-8-14(4-5-17(16)24)29-21(34)31-6-2-3-7-31/h4-5,8-11H,2-3,6-7,12-13H2,1H3,(H,28,33)(H,29,34). The van der Waals surface area contributed by atoms with E-state index in [-0.39, 0.29) is 23.1 Å². The number of aromatic nitrogens is 3. The lowest BCUT2D eigenvalue weighted by molar-refractivity contribution is -0.170. The highest BCUT2D eigenvalue weighted by molar-refractivity contribution is 5.95. The second kappa shape index (κ2) is 8.00. The summed E-state index contributed by atoms with van der Waals surface area (Å²) in [5.74, 6) is -3.58. The molecule has 2 N–H and O–H groups in total. The predicted octanol–water partition coefficient (Wildman–Crippen LogP) is 4.54. The summed E-state index contributed by atoms with van der Waals surface area (Å²) in [5, 5.41) is 5.41. The average molecular weight is 472 g/mol. The number of benzene rings is 1. The first-order valence-corrected chi connectivity index (χ1v) is 11.0. The summed E-state index contributed by atoms with van der Waals surface area (Å²) in [5.41, 5.74) is 0.0828. The third-order valence-electron chi connectivity index (χ3n) is 6.30. The van der Waals surface area contributed by atoms with Gasteiger partial charge < -0.3 is 15.5 Å². The van der Waals surface area contributed by atoms with Gasteiger partial charge in [0.15, 0.2) is 0 Å². The molecule has 0 atom stereocenters. The third kappa shape index (κ3) is 4.17. The van der Waals surface area contributed by atoms with Gasteiger partial charge in [0.2, 0.25) is 17.6 Å². The summed E-state index contributed by atoms with van der Waals surface area (Å²) >= 11 is 0. The molecule has 0 radical (unpaired) electrons. The molecule has 0 unspecified atom stereocenters. The minimum atomic E-state index is -2.82. The van der Waals surface area contributed by atoms with Gasteiger partial charge in [-0.3, -0.25) is 9.20 Å². The number of likely N-dealkylation sites (tertiary alicyclic amines) is 1. The van der Waals surface area contributed by atoms with Crippen LogP contribution in [0.5, 0.6) is 0 Å². The van der Waals surface area contributed by atoms with Gasteiger partial charge in [0.05, 0.1) is 23.0 Å². The van der Waals surface area contributed by atoms with Gasteiger partial charge in [-0.15, -0.1) is 0 Å². The molecule has 2 aromatic heterocycles. The van der Waals surface area contributed by atoms with Gasteiger partial charge >= 0.3 is 6.03 Å². The number of imidazole rings is 1. The number of hydrogen-bond acceptors (Lipinski definition) is 4. The van der Waals surface area contributed by atoms with Crippen LogP contribution in [0.15, 0.2) is 36.8 Å². The van der Waals surface area contributed by atoms with Crippen LogP contribution >= 0.6 is 0 Å². The molecule has 1 aliphatic carbocycles. The summed E-state index contributed by atoms with van der Waals surface area (Å²) in [4.78, 5) is 35.0. The van der Waals surface area contributed by atoms with E-state index in [0.29, 0.717) is 24.5 Å². The number of rotatable bonds is 4. The van der Waals surface area contributed by atoms with E-state index < -0.39 is 35.9 Å². The SMILES string of the molecule is CC1(C(=O)Nc2cnc3nc(-c4cc(NC(=O)N5CCCC5)ccc4F)cn3c2)CC(F)(F)C1. The smallest absolute Gasteiger partial charge is 0.321 e. The van der Waals surface area contributed by atoms with E-state index in [9.17, 15) is 22.8 Å². The van der Waals surface area contributed by atoms with Gasteiger partial charge in [-0.2, -0.15) is 0 Å². The fourth-order valence-electron chi connectivity index (χ4n) is 4.53. The zero-order chi connectivity index (χ0) is 24.1. The highest BCUT2D eigenvalue weighted by atomic mass is 19.3. The van der Waals surface area contributed by atoms with E-state index in [0.717, 1.165) is 12.8 Å². The molecule has 0 spiro atoms. The van der Waals surface area contributed by atoms with E-state index in [4.69, 9.17) is 0 Å². The first-order valence-electron chi connectivity index (χ1n) is 11.0. The molecule has 1 aromatic carbocycles. The Balaban J connectivity index is 1.35. The molecule has 1 saturated heterocycles. The fourth-order valence-corrected chi connectivity index (χ4v) is 4.53. The van der Waals surface area contributed by atoms with Crippen LogP contribution in [0.1, 0.15) is 32.6 Å². The van der Waals surface area contributed by atoms with Crippen LogP contribution in [0.2, 0.25) is 0 Å². The highest BCUT2D eigenvalue weighted by Gasteiger charge is 2.57. The van der Waals surface area contributed by atoms with E-state index >= 15 is 0 Å². The van der Waals surface area contributed by atoms with E-state index in [1.807, 2.05) is 0 Å². The summed E-state index contributed by atoms with van der Waals surface area (Å²) in [6.07, 6.45) is 5.37. The monoisotopic (exact) mass is 472 g/mol. The number of hydrogen-bond donors (Lipinski definition) is 2. The summed E-state index contributed by atoms with van der Waals surface area (Å²) in [6, 6.07) is 4.02. The Morgan fingerprint density at radius 2 is 1.79 bits per heavy atom. The number of amides is 3. The number of nitrogens with zero attached hydrogens (tertiary/aromatic N) is 4. The van der Waals surface area contributed by atoms with Crippen molar-refractivity contribution < 1.29 is 22.8 Å². The Morgan fingerprint density at radius 1 is 1.06 bits per heavy atom. The first kappa shape index (κ1) is 22.2. The number of halogens is 3. The molecule has 3 heterocycles. The predicted molar refractivity (Wildman–Crippen MR) is 119 cm³/mol. The Hall–Kier alpha value is -3.63. The molecule has 2 aliphatic rings. The van der Waals surface area contributed by atoms with Crippen molar-refractivity contribution in [1.82, 2.24) is 19.3 Å². The maximum Gasteiger partial charge on any atom is 0.321 e. The van der Waals surface area contributed by atoms with Gasteiger partial charge in [0.25, 0.3) is 0 Å². The van der Waals surface area contributed by atoms with Crippen LogP contribution in [0.4, 0.5) is 29.3 Å². The Bertz CT molecular complexity index is 1280. The molecule has 34 heavy (non-hydrogen) atoms. The summed E-state index contributed by atoms with van der Waals surface area (Å²) in [6.45, 7) is 2.89. The molecule has 178 valence electrons. The molecule has 11 heteroatoms. The lowest BCUT2D eigenvalue weighted by Crippen LogP contribution is -2.51. The fraction of sp³-hybridized carbons (Fsp3) is 0.391. The van der Waals surface area contributed by atoms with E-state index in [1.165, 1.54) is 41.9 Å². The van der Waals surface area contributed by atoms with Crippen LogP contribution < -0.4 is 10.6 Å². The summed E-state index contributed by atoms with van der Waals surface area (Å²) < 4.78 is 42.6. The Kier molecular flexibility index (Phi) is 5.22. The van der Waals surface area contributed by atoms with Crippen molar-refractivity contribution >= 4 is 29.1 Å². The van der Waals surface area contributed by atoms with Gasteiger partial charge in [-0.1, -0.05) is 6.92 Å². The first-order chi connectivity index (χ1) is 16.1. The molecule has 2 fully saturated rings. The lowest BCUT2D eigenvalue weighted by atomic mass is 9.67. The minimum absolute atomic E-state index is 0.180. The Morgan fingerprint density at radius 3 is 2.50 bits per heavy atom. The number of nitrogens with one attached hydrogen (secondary N) is 2. The van der Waals surface area contributed by atoms with Crippen LogP contribution in [-0.2, 0) is 4.79 Å². The van der Waals surface area contributed by atoms with E-state index in [1.54, 1.807) is 11.1 Å². The molecular weight excluding hydrogens is 449 g/mol. The van der Waals surface area contributed by atoms with Crippen molar-refractivity contribution in [3.63, 3.8) is 0 Å². The number of urea groups is 1. The van der Waals surface area contributed by atoms with Gasteiger partial charge in [-0.05, 0) is 31.0 Å². The Labute approximate surface area is 193 Å². The van der Waals surface area contributed by atoms with Crippen molar-refractivity contribution in [2.24, 2.45) is 5.41 Å². The topological polar surface area (TPSA) is 91.6 Å². The van der Waals surface area contributed by atoms with E-state index in [2.05, 4.69) is 20.6 Å². The largest absolute Gasteiger partial charge is 0.325 e. The second-order valence-electron chi connectivity index (χ2n) is 9.22. The molecule has 1 saturated carbocycles. The number of alkyl halides is 2. The zero-order valence-electron chi connectivity index (χ0n) is 18.4. The second-order valence-corrected chi connectivity index (χ2v) is 9.22. The number of anilines is 2. The van der Waals surface area contributed by atoms with Crippen molar-refractivity contribution in [3.05, 3.63) is 42.6 Å². The van der Waals surface area contributed by atoms with Crippen LogP contribution in [0.3, 0.4) is 0 Å². The number of carbonyl (C=O) groups is 2. The van der Waals surface area contributed by atoms with Crippen LogP contribution in [0.25, 0.3) is 17.0 Å². The van der Waals surface area contributed by atoms with Crippen LogP contribution in [0, 0.1) is 11.2 Å². The number of carbonyl (C=O) groups excluding carboxylic acids is 2. The molecule has 8 nitrogen and oxygen atoms in total. The minimum Gasteiger partial charge on any atom is -0.325 e. The van der Waals surface area contributed by atoms with Crippen molar-refractivity contribution in [1.29, 1.82) is 0 Å². The van der Waals surface area contributed by atoms with Crippen molar-refractivity contribution in [2.45, 2.75) is 38.5 Å². The van der Waals surface area contributed by atoms with Gasteiger partial charge in [0.1, 0.15) is 5.82 Å². The third-order valence-corrected chi connectivity index (χ3v) is 6.30. The molecule has 3 aromatic rings. The highest BCUT2D eigenvalue weighted by Crippen LogP contribution is 2.52. The van der Waals surface area contributed by atoms with Gasteiger partial charge in [0, 0.05) is 49.6 Å². The quantitative estimate of drug-likeness (QED) is 0.583. The zero-order valence-corrected chi connectivity index (χ0v) is 18.4. The van der Waals surface area contributed by atoms with Gasteiger partial charge in [-0.25, -0.2) is 27.9 Å². The van der Waals surface area contributed by atoms with Crippen molar-refractivity contribution in [2.75, 3.05) is 23.7 Å². The normalized spacial score (nSPS) is 18.5. The van der Waals surface area contributed by atoms with Crippen LogP contribution in [-0.4, -0.2) is 50.2 Å². The molecule has 3 amide bonds. The van der Waals surface area contributed by atoms with Crippen molar-refractivity contribution in [3.8, 4) is 11.3 Å². The maximum atomic E-state index is 14.6. The number of fused-ring (bicyclic) bond motifs is 1. The lowest BCUT2D eigenvalue weighted by Gasteiger charge is -2.43. The average Bonchev–Trinajstić information content (AvgIpc) is 3.43. The molecule has 5 rings (SSSR count).